The molecule has 4 bridgehead atoms. The third kappa shape index (κ3) is 1.85. The van der Waals surface area contributed by atoms with Gasteiger partial charge in [-0.2, -0.15) is 0 Å². The predicted molar refractivity (Wildman–Crippen MR) is 69.8 cm³/mol. The molecule has 1 aromatic rings. The van der Waals surface area contributed by atoms with E-state index >= 15 is 0 Å². The molecule has 1 N–H and O–H groups in total. The zero-order chi connectivity index (χ0) is 12.0. The molecule has 3 nitrogen and oxygen atoms in total. The van der Waals surface area contributed by atoms with Gasteiger partial charge in [0.2, 0.25) is 0 Å². The van der Waals surface area contributed by atoms with E-state index in [4.69, 9.17) is 0 Å². The Kier molecular flexibility index (Phi) is 2.44. The van der Waals surface area contributed by atoms with Crippen molar-refractivity contribution in [3.05, 3.63) is 24.3 Å². The second kappa shape index (κ2) is 4.02. The van der Waals surface area contributed by atoms with Crippen molar-refractivity contribution < 1.29 is 0 Å². The Bertz CT molecular complexity index is 393. The average Bonchev–Trinajstić information content (AvgIpc) is 2.36. The van der Waals surface area contributed by atoms with Gasteiger partial charge < -0.3 is 5.32 Å². The van der Waals surface area contributed by atoms with E-state index in [0.29, 0.717) is 5.54 Å². The lowest BCUT2D eigenvalue weighted by molar-refractivity contribution is -0.0209. The largest absolute Gasteiger partial charge is 0.304 e. The van der Waals surface area contributed by atoms with Crippen LogP contribution in [-0.2, 0) is 6.54 Å². The molecule has 0 unspecified atom stereocenters. The van der Waals surface area contributed by atoms with Crippen molar-refractivity contribution in [1.29, 1.82) is 0 Å². The van der Waals surface area contributed by atoms with Crippen LogP contribution in [0.15, 0.2) is 18.5 Å². The summed E-state index contributed by atoms with van der Waals surface area (Å²) in [5.74, 6) is 3.94. The van der Waals surface area contributed by atoms with Crippen LogP contribution in [0.3, 0.4) is 0 Å². The van der Waals surface area contributed by atoms with Crippen LogP contribution in [0.5, 0.6) is 0 Å². The second-order valence-electron chi connectivity index (χ2n) is 6.72. The summed E-state index contributed by atoms with van der Waals surface area (Å²) < 4.78 is 0. The molecule has 3 heteroatoms. The monoisotopic (exact) mass is 243 g/mol. The number of aromatic nitrogens is 2. The number of nitrogens with one attached hydrogen (secondary N) is 1. The highest BCUT2D eigenvalue weighted by molar-refractivity contribution is 5.07. The van der Waals surface area contributed by atoms with Gasteiger partial charge in [-0.3, -0.25) is 0 Å². The number of nitrogens with zero attached hydrogens (tertiary/aromatic N) is 2. The van der Waals surface area contributed by atoms with E-state index in [0.717, 1.165) is 30.1 Å². The quantitative estimate of drug-likeness (QED) is 0.886. The average molecular weight is 243 g/mol. The highest BCUT2D eigenvalue weighted by Gasteiger charge is 2.50. The van der Waals surface area contributed by atoms with Gasteiger partial charge in [-0.25, -0.2) is 9.97 Å². The molecule has 0 saturated heterocycles. The van der Waals surface area contributed by atoms with Gasteiger partial charge >= 0.3 is 0 Å². The first kappa shape index (κ1) is 10.9. The second-order valence-corrected chi connectivity index (χ2v) is 6.72. The van der Waals surface area contributed by atoms with E-state index in [9.17, 15) is 0 Å². The Morgan fingerprint density at radius 2 is 1.56 bits per heavy atom. The summed E-state index contributed by atoms with van der Waals surface area (Å²) >= 11 is 0. The van der Waals surface area contributed by atoms with Crippen molar-refractivity contribution in [3.8, 4) is 0 Å². The maximum atomic E-state index is 4.32. The molecular formula is C15H21N3. The molecular weight excluding hydrogens is 222 g/mol. The molecule has 18 heavy (non-hydrogen) atoms. The van der Waals surface area contributed by atoms with Crippen LogP contribution in [0.2, 0.25) is 0 Å². The molecule has 1 heterocycles. The van der Waals surface area contributed by atoms with Crippen LogP contribution < -0.4 is 5.32 Å². The van der Waals surface area contributed by atoms with Crippen LogP contribution in [0.4, 0.5) is 0 Å². The van der Waals surface area contributed by atoms with E-state index < -0.39 is 0 Å². The van der Waals surface area contributed by atoms with E-state index in [1.165, 1.54) is 38.5 Å². The molecule has 4 aliphatic carbocycles. The molecule has 0 aliphatic heterocycles. The SMILES string of the molecule is c1cnc(CNC23CC4CC(CC(C4)C2)C3)nc1. The fourth-order valence-corrected chi connectivity index (χ4v) is 5.01. The molecule has 1 aromatic heterocycles. The van der Waals surface area contributed by atoms with Crippen molar-refractivity contribution in [1.82, 2.24) is 15.3 Å². The summed E-state index contributed by atoms with van der Waals surface area (Å²) in [6, 6.07) is 1.88. The smallest absolute Gasteiger partial charge is 0.141 e. The molecule has 0 aromatic carbocycles. The van der Waals surface area contributed by atoms with Crippen LogP contribution >= 0.6 is 0 Å². The first-order chi connectivity index (χ1) is 8.81. The van der Waals surface area contributed by atoms with Crippen molar-refractivity contribution in [2.45, 2.75) is 50.6 Å². The minimum atomic E-state index is 0.425. The van der Waals surface area contributed by atoms with Gasteiger partial charge in [-0.1, -0.05) is 0 Å². The highest BCUT2D eigenvalue weighted by atomic mass is 15.0. The van der Waals surface area contributed by atoms with Gasteiger partial charge in [0, 0.05) is 17.9 Å². The van der Waals surface area contributed by atoms with E-state index in [1.807, 2.05) is 18.5 Å². The number of hydrogen-bond acceptors (Lipinski definition) is 3. The van der Waals surface area contributed by atoms with Gasteiger partial charge in [0.25, 0.3) is 0 Å². The Hall–Kier alpha value is -0.960. The molecule has 4 aliphatic rings. The third-order valence-corrected chi connectivity index (χ3v) is 5.28. The number of hydrogen-bond donors (Lipinski definition) is 1. The normalized spacial score (nSPS) is 41.2. The maximum absolute atomic E-state index is 4.32. The van der Waals surface area contributed by atoms with Crippen molar-refractivity contribution in [2.75, 3.05) is 0 Å². The zero-order valence-corrected chi connectivity index (χ0v) is 10.8. The van der Waals surface area contributed by atoms with Crippen molar-refractivity contribution in [3.63, 3.8) is 0 Å². The molecule has 0 amide bonds. The van der Waals surface area contributed by atoms with Gasteiger partial charge in [0.1, 0.15) is 5.82 Å². The summed E-state index contributed by atoms with van der Waals surface area (Å²) in [6.45, 7) is 0.840. The van der Waals surface area contributed by atoms with Gasteiger partial charge in [-0.05, 0) is 62.3 Å². The van der Waals surface area contributed by atoms with Gasteiger partial charge in [0.15, 0.2) is 0 Å². The molecule has 4 fully saturated rings. The van der Waals surface area contributed by atoms with E-state index in [1.54, 1.807) is 0 Å². The Labute approximate surface area is 108 Å². The summed E-state index contributed by atoms with van der Waals surface area (Å²) in [7, 11) is 0. The van der Waals surface area contributed by atoms with Crippen LogP contribution in [0.1, 0.15) is 44.3 Å². The lowest BCUT2D eigenvalue weighted by Gasteiger charge is -2.57. The Morgan fingerprint density at radius 3 is 2.11 bits per heavy atom. The molecule has 0 spiro atoms. The first-order valence-corrected chi connectivity index (χ1v) is 7.32. The highest BCUT2D eigenvalue weighted by Crippen LogP contribution is 2.55. The summed E-state index contributed by atoms with van der Waals surface area (Å²) in [5.41, 5.74) is 0.425. The van der Waals surface area contributed by atoms with Crippen molar-refractivity contribution >= 4 is 0 Å². The molecule has 0 radical (unpaired) electrons. The van der Waals surface area contributed by atoms with Gasteiger partial charge in [-0.15, -0.1) is 0 Å². The minimum Gasteiger partial charge on any atom is -0.304 e. The predicted octanol–water partition coefficient (Wildman–Crippen LogP) is 2.54. The minimum absolute atomic E-state index is 0.425. The summed E-state index contributed by atoms with van der Waals surface area (Å²) in [5, 5.41) is 3.82. The summed E-state index contributed by atoms with van der Waals surface area (Å²) in [4.78, 5) is 8.64. The topological polar surface area (TPSA) is 37.8 Å². The zero-order valence-electron chi connectivity index (χ0n) is 10.8. The Morgan fingerprint density at radius 1 is 1.00 bits per heavy atom. The molecule has 4 saturated carbocycles. The van der Waals surface area contributed by atoms with E-state index in [-0.39, 0.29) is 0 Å². The molecule has 5 rings (SSSR count). The van der Waals surface area contributed by atoms with Crippen LogP contribution in [0.25, 0.3) is 0 Å². The fourth-order valence-electron chi connectivity index (χ4n) is 5.01. The van der Waals surface area contributed by atoms with E-state index in [2.05, 4.69) is 15.3 Å². The lowest BCUT2D eigenvalue weighted by atomic mass is 9.53. The Balaban J connectivity index is 1.48. The fraction of sp³-hybridized carbons (Fsp3) is 0.733. The first-order valence-electron chi connectivity index (χ1n) is 7.32. The number of rotatable bonds is 3. The van der Waals surface area contributed by atoms with Crippen molar-refractivity contribution in [2.24, 2.45) is 17.8 Å². The van der Waals surface area contributed by atoms with Gasteiger partial charge in [0.05, 0.1) is 6.54 Å². The van der Waals surface area contributed by atoms with Crippen LogP contribution in [-0.4, -0.2) is 15.5 Å². The lowest BCUT2D eigenvalue weighted by Crippen LogP contribution is -2.58. The maximum Gasteiger partial charge on any atom is 0.141 e. The molecule has 0 atom stereocenters. The molecule has 96 valence electrons. The van der Waals surface area contributed by atoms with Crippen LogP contribution in [0, 0.1) is 17.8 Å². The third-order valence-electron chi connectivity index (χ3n) is 5.28. The standard InChI is InChI=1S/C15H21N3/c1-2-16-14(17-3-1)10-18-15-7-11-4-12(8-15)6-13(5-11)9-15/h1-3,11-13,18H,4-10H2. The summed E-state index contributed by atoms with van der Waals surface area (Å²) in [6.07, 6.45) is 12.4.